The molecule has 1 aliphatic rings. The summed E-state index contributed by atoms with van der Waals surface area (Å²) in [5.41, 5.74) is 16.0. The topological polar surface area (TPSA) is 33.5 Å². The molecular formula is C58H53N4OPtSi-3. The Balaban J connectivity index is 0.00000533. The average molecular weight is 1050 g/mol. The molecule has 0 fully saturated rings. The molecule has 0 saturated carbocycles. The van der Waals surface area contributed by atoms with Crippen LogP contribution in [0.4, 0.5) is 22.7 Å². The van der Waals surface area contributed by atoms with E-state index in [-0.39, 0.29) is 26.5 Å². The van der Waals surface area contributed by atoms with Crippen LogP contribution in [0.25, 0.3) is 49.9 Å². The summed E-state index contributed by atoms with van der Waals surface area (Å²) in [6, 6.07) is 59.5. The molecular weight excluding hydrogens is 992 g/mol. The summed E-state index contributed by atoms with van der Waals surface area (Å²) in [7, 11) is -1.64. The predicted octanol–water partition coefficient (Wildman–Crippen LogP) is 15.1. The first-order chi connectivity index (χ1) is 30.7. The Morgan fingerprint density at radius 2 is 1.31 bits per heavy atom. The summed E-state index contributed by atoms with van der Waals surface area (Å²) in [6.07, 6.45) is 1.93. The van der Waals surface area contributed by atoms with Crippen LogP contribution in [0, 0.1) is 39.6 Å². The van der Waals surface area contributed by atoms with Gasteiger partial charge in [0.15, 0.2) is 0 Å². The van der Waals surface area contributed by atoms with Gasteiger partial charge in [-0.05, 0) is 113 Å². The number of pyridine rings is 1. The van der Waals surface area contributed by atoms with Crippen LogP contribution in [0.3, 0.4) is 0 Å². The van der Waals surface area contributed by atoms with E-state index in [1.54, 1.807) is 0 Å². The van der Waals surface area contributed by atoms with Crippen LogP contribution in [0.15, 0.2) is 152 Å². The molecule has 0 bridgehead atoms. The third-order valence-electron chi connectivity index (χ3n) is 12.5. The molecule has 0 unspecified atom stereocenters. The molecule has 1 aliphatic heterocycles. The fraction of sp³-hybridized carbons (Fsp3) is 0.172. The van der Waals surface area contributed by atoms with Crippen molar-refractivity contribution >= 4 is 57.8 Å². The number of nitrogens with zero attached hydrogens (tertiary/aromatic N) is 4. The Morgan fingerprint density at radius 3 is 2.03 bits per heavy atom. The molecule has 0 spiro atoms. The monoisotopic (exact) mass is 1040 g/mol. The minimum absolute atomic E-state index is 0. The smallest absolute Gasteiger partial charge is 0.136 e. The molecule has 0 saturated heterocycles. The first-order valence-electron chi connectivity index (χ1n) is 22.2. The first kappa shape index (κ1) is 44.0. The molecule has 65 heavy (non-hydrogen) atoms. The Bertz CT molecular complexity index is 3230. The van der Waals surface area contributed by atoms with Crippen LogP contribution in [-0.2, 0) is 26.5 Å². The first-order valence-corrected chi connectivity index (χ1v) is 25.7. The van der Waals surface area contributed by atoms with Gasteiger partial charge in [0.25, 0.3) is 0 Å². The zero-order valence-corrected chi connectivity index (χ0v) is 41.8. The van der Waals surface area contributed by atoms with E-state index in [0.717, 1.165) is 50.6 Å². The van der Waals surface area contributed by atoms with Gasteiger partial charge in [0.05, 0.1) is 8.07 Å². The number of hydrogen-bond donors (Lipinski definition) is 0. The summed E-state index contributed by atoms with van der Waals surface area (Å²) in [6.45, 7) is 22.7. The Morgan fingerprint density at radius 1 is 0.615 bits per heavy atom. The van der Waals surface area contributed by atoms with E-state index in [1.165, 1.54) is 49.5 Å². The zero-order valence-electron chi connectivity index (χ0n) is 38.5. The van der Waals surface area contributed by atoms with Crippen molar-refractivity contribution in [2.45, 2.75) is 66.6 Å². The maximum atomic E-state index is 6.71. The van der Waals surface area contributed by atoms with Crippen LogP contribution >= 0.6 is 0 Å². The van der Waals surface area contributed by atoms with Gasteiger partial charge in [-0.3, -0.25) is 0 Å². The standard InChI is InChI=1S/C58H53N4OSi.Pt/c1-38-28-39(2)57(40(3)29-38)42-26-27-59-56(32-42)62-54-35-48(22-24-50(54)51-25-23-49(36-55(51)62)64(7,8)9)63-47-19-15-18-45(34-47)60-37-61(53-21-14-13-20-52(53)60)46-31-43(41-16-11-10-12-17-41)30-44(33-46)58(4,5)6;/h10-33,36-37H,1-9H3;/q-3;. The summed E-state index contributed by atoms with van der Waals surface area (Å²) >= 11 is 0. The maximum absolute atomic E-state index is 6.71. The van der Waals surface area contributed by atoms with Gasteiger partial charge in [-0.2, -0.15) is 12.1 Å². The number of para-hydroxylation sites is 2. The van der Waals surface area contributed by atoms with Gasteiger partial charge in [-0.15, -0.1) is 48.1 Å². The summed E-state index contributed by atoms with van der Waals surface area (Å²) in [5.74, 6) is 2.06. The van der Waals surface area contributed by atoms with Crippen molar-refractivity contribution in [1.82, 2.24) is 9.55 Å². The van der Waals surface area contributed by atoms with Gasteiger partial charge in [0.2, 0.25) is 0 Å². The number of benzene rings is 7. The third kappa shape index (κ3) is 8.35. The average Bonchev–Trinajstić information content (AvgIpc) is 3.82. The number of hydrogen-bond acceptors (Lipinski definition) is 4. The van der Waals surface area contributed by atoms with Gasteiger partial charge in [-0.25, -0.2) is 4.98 Å². The van der Waals surface area contributed by atoms with Crippen LogP contribution < -0.4 is 19.7 Å². The van der Waals surface area contributed by atoms with E-state index in [4.69, 9.17) is 9.72 Å². The number of anilines is 4. The fourth-order valence-corrected chi connectivity index (χ4v) is 10.4. The third-order valence-corrected chi connectivity index (χ3v) is 14.5. The molecule has 9 aromatic rings. The van der Waals surface area contributed by atoms with Gasteiger partial charge in [-0.1, -0.05) is 129 Å². The van der Waals surface area contributed by atoms with E-state index >= 15 is 0 Å². The second-order valence-corrected chi connectivity index (χ2v) is 24.4. The van der Waals surface area contributed by atoms with E-state index < -0.39 is 8.07 Å². The van der Waals surface area contributed by atoms with Crippen LogP contribution in [-0.4, -0.2) is 17.6 Å². The molecule has 328 valence electrons. The maximum Gasteiger partial charge on any atom is 0.136 e. The van der Waals surface area contributed by atoms with Crippen LogP contribution in [0.2, 0.25) is 19.6 Å². The number of aryl methyl sites for hydroxylation is 3. The molecule has 0 N–H and O–H groups in total. The Labute approximate surface area is 399 Å². The molecule has 0 amide bonds. The van der Waals surface area contributed by atoms with Crippen molar-refractivity contribution < 1.29 is 25.8 Å². The second-order valence-electron chi connectivity index (χ2n) is 19.3. The minimum Gasteiger partial charge on any atom is -0.509 e. The largest absolute Gasteiger partial charge is 0.509 e. The van der Waals surface area contributed by atoms with Crippen LogP contribution in [0.5, 0.6) is 11.5 Å². The van der Waals surface area contributed by atoms with Gasteiger partial charge in [0.1, 0.15) is 5.82 Å². The molecule has 0 radical (unpaired) electrons. The van der Waals surface area contributed by atoms with Crippen molar-refractivity contribution in [3.8, 4) is 39.6 Å². The molecule has 0 aliphatic carbocycles. The number of aromatic nitrogens is 2. The summed E-state index contributed by atoms with van der Waals surface area (Å²) in [5, 5.41) is 3.66. The minimum atomic E-state index is -1.64. The molecule has 5 nitrogen and oxygen atoms in total. The van der Waals surface area contributed by atoms with Crippen molar-refractivity contribution in [2.24, 2.45) is 0 Å². The Hall–Kier alpha value is -6.20. The van der Waals surface area contributed by atoms with E-state index in [9.17, 15) is 0 Å². The van der Waals surface area contributed by atoms with E-state index in [2.05, 4.69) is 222 Å². The fourth-order valence-electron chi connectivity index (χ4n) is 9.26. The summed E-state index contributed by atoms with van der Waals surface area (Å²) in [4.78, 5) is 9.51. The SMILES string of the molecule is Cc1cc(C)c(-c2ccnc(-n3c4[c-]c(Oc5[c-]c(N6[CH-]N(c7cc(-c8ccccc8)cc(C(C)(C)C)c7)c7ccccc76)ccc5)ccc4c4ccc([Si](C)(C)C)cc43)c2)c(C)c1.[Pt]. The van der Waals surface area contributed by atoms with Gasteiger partial charge >= 0.3 is 0 Å². The predicted molar refractivity (Wildman–Crippen MR) is 271 cm³/mol. The second kappa shape index (κ2) is 17.0. The molecule has 3 heterocycles. The molecule has 7 aromatic carbocycles. The van der Waals surface area contributed by atoms with Crippen molar-refractivity contribution in [2.75, 3.05) is 9.80 Å². The van der Waals surface area contributed by atoms with Crippen molar-refractivity contribution in [1.29, 1.82) is 0 Å². The van der Waals surface area contributed by atoms with Crippen LogP contribution in [0.1, 0.15) is 43.0 Å². The molecule has 7 heteroatoms. The molecule has 2 aromatic heterocycles. The van der Waals surface area contributed by atoms with E-state index in [1.807, 2.05) is 24.4 Å². The number of rotatable bonds is 8. The molecule has 10 rings (SSSR count). The number of fused-ring (bicyclic) bond motifs is 4. The normalized spacial score (nSPS) is 12.8. The Kier molecular flexibility index (Phi) is 11.5. The van der Waals surface area contributed by atoms with Gasteiger partial charge < -0.3 is 19.1 Å². The van der Waals surface area contributed by atoms with Gasteiger partial charge in [0, 0.05) is 61.3 Å². The zero-order chi connectivity index (χ0) is 44.5. The quantitative estimate of drug-likeness (QED) is 0.112. The van der Waals surface area contributed by atoms with Crippen molar-refractivity contribution in [3.05, 3.63) is 193 Å². The molecule has 0 atom stereocenters. The summed E-state index contributed by atoms with van der Waals surface area (Å²) < 4.78 is 8.98. The van der Waals surface area contributed by atoms with Crippen molar-refractivity contribution in [3.63, 3.8) is 0 Å². The van der Waals surface area contributed by atoms with E-state index in [0.29, 0.717) is 11.5 Å². The number of ether oxygens (including phenoxy) is 1.